The van der Waals surface area contributed by atoms with Crippen molar-refractivity contribution < 1.29 is 9.53 Å². The third-order valence-electron chi connectivity index (χ3n) is 2.58. The first-order valence-electron chi connectivity index (χ1n) is 6.39. The van der Waals surface area contributed by atoms with Crippen molar-refractivity contribution in [1.82, 2.24) is 0 Å². The summed E-state index contributed by atoms with van der Waals surface area (Å²) in [6.07, 6.45) is 5.84. The average Bonchev–Trinajstić information content (AvgIpc) is 2.16. The molecule has 17 heavy (non-hydrogen) atoms. The summed E-state index contributed by atoms with van der Waals surface area (Å²) >= 11 is 0. The van der Waals surface area contributed by atoms with E-state index < -0.39 is 6.04 Å². The van der Waals surface area contributed by atoms with Crippen molar-refractivity contribution in [3.63, 3.8) is 0 Å². The molecule has 0 aromatic heterocycles. The van der Waals surface area contributed by atoms with E-state index in [1.807, 2.05) is 6.92 Å². The minimum Gasteiger partial charge on any atom is -0.462 e. The van der Waals surface area contributed by atoms with Crippen molar-refractivity contribution in [2.75, 3.05) is 0 Å². The molecule has 2 unspecified atom stereocenters. The number of hydrogen-bond donors (Lipinski definition) is 1. The van der Waals surface area contributed by atoms with Crippen LogP contribution in [-0.2, 0) is 9.53 Å². The molecule has 0 saturated heterocycles. The van der Waals surface area contributed by atoms with Gasteiger partial charge in [0.25, 0.3) is 0 Å². The van der Waals surface area contributed by atoms with Crippen LogP contribution in [0.2, 0.25) is 0 Å². The predicted molar refractivity (Wildman–Crippen MR) is 72.9 cm³/mol. The molecular weight excluding hydrogens is 225 g/mol. The third-order valence-corrected chi connectivity index (χ3v) is 2.58. The van der Waals surface area contributed by atoms with Crippen molar-refractivity contribution in [2.24, 2.45) is 11.7 Å². The van der Waals surface area contributed by atoms with Crippen LogP contribution in [0, 0.1) is 5.92 Å². The van der Waals surface area contributed by atoms with Crippen LogP contribution in [0.3, 0.4) is 0 Å². The Bertz CT molecular complexity index is 196. The molecule has 0 rings (SSSR count). The summed E-state index contributed by atoms with van der Waals surface area (Å²) in [5.41, 5.74) is 5.42. The Morgan fingerprint density at radius 3 is 2.06 bits per heavy atom. The van der Waals surface area contributed by atoms with E-state index in [2.05, 4.69) is 13.8 Å². The molecule has 0 heterocycles. The Labute approximate surface area is 128 Å². The van der Waals surface area contributed by atoms with E-state index in [1.54, 1.807) is 6.92 Å². The fourth-order valence-electron chi connectivity index (χ4n) is 1.53. The van der Waals surface area contributed by atoms with E-state index in [9.17, 15) is 4.79 Å². The van der Waals surface area contributed by atoms with Crippen LogP contribution in [0.25, 0.3) is 0 Å². The van der Waals surface area contributed by atoms with Gasteiger partial charge in [-0.3, -0.25) is 4.79 Å². The van der Waals surface area contributed by atoms with E-state index in [-0.39, 0.29) is 41.6 Å². The monoisotopic (exact) mass is 252 g/mol. The predicted octanol–water partition coefficient (Wildman–Crippen LogP) is 2.49. The van der Waals surface area contributed by atoms with Gasteiger partial charge in [0.2, 0.25) is 0 Å². The van der Waals surface area contributed by atoms with Gasteiger partial charge >= 0.3 is 5.97 Å². The second-order valence-electron chi connectivity index (χ2n) is 5.07. The smallest absolute Gasteiger partial charge is 0.322 e. The first-order valence-corrected chi connectivity index (χ1v) is 6.39. The first kappa shape index (κ1) is 19.8. The molecule has 0 bridgehead atoms. The Hall–Kier alpha value is 0.430. The van der Waals surface area contributed by atoms with Crippen molar-refractivity contribution in [3.8, 4) is 0 Å². The molecule has 2 atom stereocenters. The summed E-state index contributed by atoms with van der Waals surface area (Å²) in [7, 11) is 0. The van der Waals surface area contributed by atoms with Gasteiger partial charge < -0.3 is 10.5 Å². The third kappa shape index (κ3) is 12.7. The van der Waals surface area contributed by atoms with Gasteiger partial charge in [0.1, 0.15) is 6.04 Å². The molecule has 0 aliphatic heterocycles. The SMILES string of the molecule is CC(C)CCCCCC(C)OC(=O)C(C)N.[Na]. The van der Waals surface area contributed by atoms with Gasteiger partial charge in [-0.15, -0.1) is 0 Å². The van der Waals surface area contributed by atoms with Gasteiger partial charge in [-0.05, 0) is 32.6 Å². The second-order valence-corrected chi connectivity index (χ2v) is 5.07. The molecule has 0 aromatic carbocycles. The maximum Gasteiger partial charge on any atom is 0.322 e. The summed E-state index contributed by atoms with van der Waals surface area (Å²) < 4.78 is 5.18. The van der Waals surface area contributed by atoms with E-state index in [1.165, 1.54) is 19.3 Å². The van der Waals surface area contributed by atoms with Crippen molar-refractivity contribution in [1.29, 1.82) is 0 Å². The molecule has 0 aliphatic rings. The number of hydrogen-bond acceptors (Lipinski definition) is 3. The fourth-order valence-corrected chi connectivity index (χ4v) is 1.53. The van der Waals surface area contributed by atoms with Gasteiger partial charge in [0, 0.05) is 29.6 Å². The number of esters is 1. The minimum atomic E-state index is -0.511. The van der Waals surface area contributed by atoms with Crippen molar-refractivity contribution in [3.05, 3.63) is 0 Å². The van der Waals surface area contributed by atoms with Gasteiger partial charge in [0.05, 0.1) is 6.10 Å². The number of ether oxygens (including phenoxy) is 1. The summed E-state index contributed by atoms with van der Waals surface area (Å²) in [6, 6.07) is -0.511. The largest absolute Gasteiger partial charge is 0.462 e. The number of rotatable bonds is 8. The van der Waals surface area contributed by atoms with Crippen LogP contribution < -0.4 is 5.73 Å². The standard InChI is InChI=1S/C13H27NO2.Na/c1-10(2)8-6-5-7-9-11(3)16-13(15)12(4)14;/h10-12H,5-9,14H2,1-4H3;. The quantitative estimate of drug-likeness (QED) is 0.410. The maximum atomic E-state index is 11.2. The minimum absolute atomic E-state index is 0. The van der Waals surface area contributed by atoms with E-state index in [4.69, 9.17) is 10.5 Å². The molecule has 2 N–H and O–H groups in total. The Morgan fingerprint density at radius 1 is 1.06 bits per heavy atom. The zero-order chi connectivity index (χ0) is 12.6. The molecule has 0 saturated carbocycles. The molecule has 0 aromatic rings. The Kier molecular flexibility index (Phi) is 13.4. The van der Waals surface area contributed by atoms with Gasteiger partial charge in [-0.2, -0.15) is 0 Å². The zero-order valence-electron chi connectivity index (χ0n) is 12.2. The Morgan fingerprint density at radius 2 is 1.59 bits per heavy atom. The molecule has 0 aliphatic carbocycles. The van der Waals surface area contributed by atoms with Gasteiger partial charge in [0.15, 0.2) is 0 Å². The molecule has 4 heteroatoms. The van der Waals surface area contributed by atoms with Crippen molar-refractivity contribution >= 4 is 35.5 Å². The van der Waals surface area contributed by atoms with Crippen LogP contribution in [0.15, 0.2) is 0 Å². The number of unbranched alkanes of at least 4 members (excludes halogenated alkanes) is 2. The summed E-state index contributed by atoms with van der Waals surface area (Å²) in [5.74, 6) is 0.489. The van der Waals surface area contributed by atoms with E-state index in [0.717, 1.165) is 18.8 Å². The van der Waals surface area contributed by atoms with Crippen LogP contribution in [0.4, 0.5) is 0 Å². The number of carbonyl (C=O) groups excluding carboxylic acids is 1. The second kappa shape index (κ2) is 11.5. The Balaban J connectivity index is 0. The van der Waals surface area contributed by atoms with Crippen LogP contribution in [-0.4, -0.2) is 47.7 Å². The fraction of sp³-hybridized carbons (Fsp3) is 0.923. The van der Waals surface area contributed by atoms with E-state index >= 15 is 0 Å². The van der Waals surface area contributed by atoms with Gasteiger partial charge in [-0.25, -0.2) is 0 Å². The molecular formula is C13H27NNaO2. The molecule has 3 nitrogen and oxygen atoms in total. The number of carbonyl (C=O) groups is 1. The topological polar surface area (TPSA) is 52.3 Å². The summed E-state index contributed by atoms with van der Waals surface area (Å²) in [4.78, 5) is 11.2. The maximum absolute atomic E-state index is 11.2. The van der Waals surface area contributed by atoms with Crippen molar-refractivity contribution in [2.45, 2.75) is 71.9 Å². The molecule has 0 fully saturated rings. The van der Waals surface area contributed by atoms with Gasteiger partial charge in [-0.1, -0.05) is 33.1 Å². The normalized spacial score (nSPS) is 14.0. The average molecular weight is 252 g/mol. The summed E-state index contributed by atoms with van der Waals surface area (Å²) in [6.45, 7) is 8.07. The first-order chi connectivity index (χ1) is 7.43. The zero-order valence-corrected chi connectivity index (χ0v) is 14.2. The molecule has 0 spiro atoms. The molecule has 0 amide bonds. The summed E-state index contributed by atoms with van der Waals surface area (Å²) in [5, 5.41) is 0. The van der Waals surface area contributed by atoms with Crippen LogP contribution in [0.5, 0.6) is 0 Å². The molecule has 97 valence electrons. The number of nitrogens with two attached hydrogens (primary N) is 1. The van der Waals surface area contributed by atoms with Crippen LogP contribution >= 0.6 is 0 Å². The molecule has 1 radical (unpaired) electrons. The van der Waals surface area contributed by atoms with Crippen LogP contribution in [0.1, 0.15) is 59.8 Å². The van der Waals surface area contributed by atoms with E-state index in [0.29, 0.717) is 0 Å².